The summed E-state index contributed by atoms with van der Waals surface area (Å²) < 4.78 is 6.70. The van der Waals surface area contributed by atoms with E-state index in [-0.39, 0.29) is 23.6 Å². The highest BCUT2D eigenvalue weighted by atomic mass is 35.5. The molecule has 37 heavy (non-hydrogen) atoms. The number of amides is 1. The van der Waals surface area contributed by atoms with Crippen molar-refractivity contribution in [3.8, 4) is 11.5 Å². The lowest BCUT2D eigenvalue weighted by molar-refractivity contribution is -0.200. The summed E-state index contributed by atoms with van der Waals surface area (Å²) in [5.41, 5.74) is 1.24. The van der Waals surface area contributed by atoms with Gasteiger partial charge in [-0.05, 0) is 80.3 Å². The van der Waals surface area contributed by atoms with Crippen LogP contribution in [0.5, 0.6) is 11.5 Å². The smallest absolute Gasteiger partial charge is 0.227 e. The highest BCUT2D eigenvalue weighted by Gasteiger charge is 2.73. The van der Waals surface area contributed by atoms with Crippen LogP contribution in [0, 0.1) is 11.8 Å². The first kappa shape index (κ1) is 24.1. The van der Waals surface area contributed by atoms with Gasteiger partial charge in [0.25, 0.3) is 0 Å². The SMILES string of the molecule is CNC(=O)C(c1ccc(Cl)c(Cl)c1)C1CC[C@@]2(O)[C@H]3Cc4ccc(O)c5c4[C@@]2(CCN3CC2CC2)C1O5. The highest BCUT2D eigenvalue weighted by molar-refractivity contribution is 6.42. The first-order chi connectivity index (χ1) is 17.8. The van der Waals surface area contributed by atoms with Gasteiger partial charge in [-0.25, -0.2) is 0 Å². The molecule has 6 atom stereocenters. The third kappa shape index (κ3) is 3.22. The van der Waals surface area contributed by atoms with E-state index in [0.717, 1.165) is 48.5 Å². The highest BCUT2D eigenvalue weighted by Crippen LogP contribution is 2.67. The van der Waals surface area contributed by atoms with Gasteiger partial charge >= 0.3 is 0 Å². The van der Waals surface area contributed by atoms with Gasteiger partial charge in [0, 0.05) is 31.1 Å². The van der Waals surface area contributed by atoms with Gasteiger partial charge in [-0.3, -0.25) is 9.69 Å². The van der Waals surface area contributed by atoms with E-state index in [1.54, 1.807) is 25.2 Å². The molecule has 1 spiro atoms. The van der Waals surface area contributed by atoms with E-state index >= 15 is 0 Å². The largest absolute Gasteiger partial charge is 0.504 e. The maximum Gasteiger partial charge on any atom is 0.227 e. The Hall–Kier alpha value is -1.99. The molecule has 7 rings (SSSR count). The standard InChI is InChI=1S/C29H32Cl2N2O4/c1-32-27(35)23(16-4-6-19(30)20(31)12-16)18-8-9-29(36)22-13-17-5-7-21(34)25-24(17)28(29,26(18)37-25)10-11-33(22)14-15-2-3-15/h4-7,12,15,18,22-23,26,34,36H,2-3,8-11,13-14H2,1H3,(H,32,35)/t18?,22-,23?,26?,28+,29-/m1/s1. The molecular formula is C29H32Cl2N2O4. The molecular weight excluding hydrogens is 511 g/mol. The Morgan fingerprint density at radius 1 is 1.19 bits per heavy atom. The number of carbonyl (C=O) groups excluding carboxylic acids is 1. The molecule has 2 bridgehead atoms. The number of piperidine rings is 1. The van der Waals surface area contributed by atoms with Crippen LogP contribution in [0.2, 0.25) is 10.0 Å². The Morgan fingerprint density at radius 3 is 2.73 bits per heavy atom. The molecule has 2 aromatic rings. The van der Waals surface area contributed by atoms with Crippen LogP contribution in [0.25, 0.3) is 0 Å². The second-order valence-corrected chi connectivity index (χ2v) is 12.6. The van der Waals surface area contributed by atoms with Crippen molar-refractivity contribution in [1.29, 1.82) is 0 Å². The van der Waals surface area contributed by atoms with Gasteiger partial charge in [0.1, 0.15) is 6.10 Å². The Balaban J connectivity index is 1.38. The number of likely N-dealkylation sites (tertiary alicyclic amines) is 1. The zero-order chi connectivity index (χ0) is 25.7. The summed E-state index contributed by atoms with van der Waals surface area (Å²) in [7, 11) is 1.64. The normalized spacial score (nSPS) is 34.4. The Bertz CT molecular complexity index is 1300. The summed E-state index contributed by atoms with van der Waals surface area (Å²) in [4.78, 5) is 16.0. The fraction of sp³-hybridized carbons (Fsp3) is 0.552. The second-order valence-electron chi connectivity index (χ2n) is 11.8. The second kappa shape index (κ2) is 8.25. The fourth-order valence-electron chi connectivity index (χ4n) is 8.32. The van der Waals surface area contributed by atoms with Gasteiger partial charge in [-0.1, -0.05) is 35.3 Å². The minimum Gasteiger partial charge on any atom is -0.504 e. The van der Waals surface area contributed by atoms with E-state index in [9.17, 15) is 15.0 Å². The molecule has 3 unspecified atom stereocenters. The number of aromatic hydroxyl groups is 1. The minimum atomic E-state index is -0.988. The van der Waals surface area contributed by atoms with Crippen LogP contribution in [0.4, 0.5) is 0 Å². The number of rotatable bonds is 5. The third-order valence-electron chi connectivity index (χ3n) is 10.1. The van der Waals surface area contributed by atoms with Crippen LogP contribution in [0.3, 0.4) is 0 Å². The average molecular weight is 543 g/mol. The van der Waals surface area contributed by atoms with Crippen LogP contribution >= 0.6 is 23.2 Å². The van der Waals surface area contributed by atoms with Gasteiger partial charge in [-0.15, -0.1) is 0 Å². The molecule has 196 valence electrons. The van der Waals surface area contributed by atoms with Crippen molar-refractivity contribution in [2.24, 2.45) is 11.8 Å². The van der Waals surface area contributed by atoms with Crippen LogP contribution < -0.4 is 10.1 Å². The molecule has 2 saturated carbocycles. The van der Waals surface area contributed by atoms with Crippen molar-refractivity contribution in [2.75, 3.05) is 20.1 Å². The van der Waals surface area contributed by atoms with Gasteiger partial charge in [0.05, 0.1) is 27.0 Å². The van der Waals surface area contributed by atoms with E-state index in [1.165, 1.54) is 12.8 Å². The van der Waals surface area contributed by atoms with Crippen LogP contribution in [-0.2, 0) is 16.6 Å². The number of aliphatic hydroxyl groups is 1. The lowest BCUT2D eigenvalue weighted by atomic mass is 9.46. The predicted octanol–water partition coefficient (Wildman–Crippen LogP) is 4.41. The molecule has 8 heteroatoms. The minimum absolute atomic E-state index is 0.000297. The number of likely N-dealkylation sites (N-methyl/N-ethyl adjacent to an activating group) is 1. The summed E-state index contributed by atoms with van der Waals surface area (Å²) in [6.07, 6.45) is 4.78. The number of nitrogens with zero attached hydrogens (tertiary/aromatic N) is 1. The number of halogens is 2. The number of hydrogen-bond donors (Lipinski definition) is 3. The van der Waals surface area contributed by atoms with Crippen LogP contribution in [0.15, 0.2) is 30.3 Å². The quantitative estimate of drug-likeness (QED) is 0.521. The number of phenolic OH excluding ortho intramolecular Hbond substituents is 1. The predicted molar refractivity (Wildman–Crippen MR) is 142 cm³/mol. The maximum atomic E-state index is 13.5. The number of ether oxygens (including phenoxy) is 1. The molecule has 2 heterocycles. The zero-order valence-electron chi connectivity index (χ0n) is 20.8. The Kier molecular flexibility index (Phi) is 5.37. The summed E-state index contributed by atoms with van der Waals surface area (Å²) in [6.45, 7) is 1.91. The molecule has 2 aromatic carbocycles. The number of phenols is 1. The summed E-state index contributed by atoms with van der Waals surface area (Å²) in [5, 5.41) is 27.3. The molecule has 3 fully saturated rings. The van der Waals surface area contributed by atoms with Crippen molar-refractivity contribution >= 4 is 29.1 Å². The van der Waals surface area contributed by atoms with Crippen molar-refractivity contribution in [3.63, 3.8) is 0 Å². The molecule has 0 radical (unpaired) electrons. The molecule has 5 aliphatic rings. The van der Waals surface area contributed by atoms with Gasteiger partial charge in [0.2, 0.25) is 5.91 Å². The first-order valence-corrected chi connectivity index (χ1v) is 14.2. The van der Waals surface area contributed by atoms with Gasteiger partial charge in [0.15, 0.2) is 11.5 Å². The van der Waals surface area contributed by atoms with E-state index in [0.29, 0.717) is 28.6 Å². The molecule has 6 nitrogen and oxygen atoms in total. The van der Waals surface area contributed by atoms with E-state index < -0.39 is 23.0 Å². The lowest BCUT2D eigenvalue weighted by Crippen LogP contribution is -2.76. The molecule has 3 N–H and O–H groups in total. The molecule has 3 aliphatic carbocycles. The number of hydrogen-bond acceptors (Lipinski definition) is 5. The molecule has 1 amide bonds. The zero-order valence-corrected chi connectivity index (χ0v) is 22.4. The lowest BCUT2D eigenvalue weighted by Gasteiger charge is -2.64. The van der Waals surface area contributed by atoms with E-state index in [2.05, 4.69) is 10.2 Å². The Morgan fingerprint density at radius 2 is 2.00 bits per heavy atom. The van der Waals surface area contributed by atoms with Gasteiger partial charge in [-0.2, -0.15) is 0 Å². The van der Waals surface area contributed by atoms with Crippen LogP contribution in [-0.4, -0.2) is 58.9 Å². The monoisotopic (exact) mass is 542 g/mol. The molecule has 1 saturated heterocycles. The van der Waals surface area contributed by atoms with Crippen molar-refractivity contribution in [3.05, 3.63) is 57.1 Å². The molecule has 0 aromatic heterocycles. The number of carbonyl (C=O) groups is 1. The summed E-state index contributed by atoms with van der Waals surface area (Å²) in [6, 6.07) is 9.09. The summed E-state index contributed by atoms with van der Waals surface area (Å²) in [5.74, 6) is 0.459. The number of nitrogens with one attached hydrogen (secondary N) is 1. The average Bonchev–Trinajstić information content (AvgIpc) is 3.62. The first-order valence-electron chi connectivity index (χ1n) is 13.4. The van der Waals surface area contributed by atoms with E-state index in [1.807, 2.05) is 12.1 Å². The maximum absolute atomic E-state index is 13.5. The van der Waals surface area contributed by atoms with Gasteiger partial charge < -0.3 is 20.3 Å². The topological polar surface area (TPSA) is 82.0 Å². The molecule has 2 aliphatic heterocycles. The van der Waals surface area contributed by atoms with Crippen LogP contribution in [0.1, 0.15) is 54.7 Å². The van der Waals surface area contributed by atoms with E-state index in [4.69, 9.17) is 27.9 Å². The third-order valence-corrected chi connectivity index (χ3v) is 10.8. The van der Waals surface area contributed by atoms with Crippen molar-refractivity contribution in [2.45, 2.75) is 67.6 Å². The number of benzene rings is 2. The van der Waals surface area contributed by atoms with Crippen molar-refractivity contribution in [1.82, 2.24) is 10.2 Å². The Labute approximate surface area is 226 Å². The fourth-order valence-corrected chi connectivity index (χ4v) is 8.62. The van der Waals surface area contributed by atoms with Crippen molar-refractivity contribution < 1.29 is 19.7 Å². The summed E-state index contributed by atoms with van der Waals surface area (Å²) >= 11 is 12.6.